The number of likely N-dealkylation sites (N-methyl/N-ethyl adjacent to an activating group) is 1. The summed E-state index contributed by atoms with van der Waals surface area (Å²) in [5.41, 5.74) is 1.39. The molecule has 2 fully saturated rings. The van der Waals surface area contributed by atoms with Gasteiger partial charge in [-0.3, -0.25) is 9.59 Å². The van der Waals surface area contributed by atoms with Gasteiger partial charge in [0, 0.05) is 36.3 Å². The van der Waals surface area contributed by atoms with Crippen LogP contribution in [0.3, 0.4) is 0 Å². The maximum atomic E-state index is 13.0. The minimum absolute atomic E-state index is 0.0655. The van der Waals surface area contributed by atoms with Gasteiger partial charge in [-0.25, -0.2) is 0 Å². The molecule has 1 N–H and O–H groups in total. The number of anilines is 1. The maximum Gasteiger partial charge on any atom is 0.253 e. The van der Waals surface area contributed by atoms with E-state index in [1.54, 1.807) is 0 Å². The van der Waals surface area contributed by atoms with E-state index in [1.807, 2.05) is 29.2 Å². The first kappa shape index (κ1) is 18.9. The molecule has 5 heteroatoms. The van der Waals surface area contributed by atoms with Crippen LogP contribution < -0.4 is 5.32 Å². The maximum absolute atomic E-state index is 13.0. The molecule has 1 saturated heterocycles. The summed E-state index contributed by atoms with van der Waals surface area (Å²) in [6.07, 6.45) is 7.57. The molecule has 2 amide bonds. The standard InChI is InChI=1S/C21H31N3O2/c1-23(2)19-12-5-6-13-24(15-19)21(26)17-10-7-11-18(14-17)22-20(25)16-8-3-4-9-16/h7,10-11,14,16,19H,3-6,8-9,12-13,15H2,1-2H3,(H,22,25)/t19-/m0/s1. The van der Waals surface area contributed by atoms with Gasteiger partial charge in [-0.1, -0.05) is 25.3 Å². The molecule has 0 radical (unpaired) electrons. The van der Waals surface area contributed by atoms with Crippen LogP contribution in [0.2, 0.25) is 0 Å². The number of nitrogens with one attached hydrogen (secondary N) is 1. The van der Waals surface area contributed by atoms with Gasteiger partial charge in [0.25, 0.3) is 5.91 Å². The summed E-state index contributed by atoms with van der Waals surface area (Å²) >= 11 is 0. The molecule has 3 rings (SSSR count). The molecule has 1 aromatic carbocycles. The van der Waals surface area contributed by atoms with Crippen molar-refractivity contribution in [1.82, 2.24) is 9.80 Å². The van der Waals surface area contributed by atoms with Gasteiger partial charge in [0.1, 0.15) is 0 Å². The van der Waals surface area contributed by atoms with Crippen molar-refractivity contribution in [3.63, 3.8) is 0 Å². The molecular weight excluding hydrogens is 326 g/mol. The third-order valence-electron chi connectivity index (χ3n) is 5.77. The van der Waals surface area contributed by atoms with Gasteiger partial charge >= 0.3 is 0 Å². The van der Waals surface area contributed by atoms with Crippen molar-refractivity contribution in [2.45, 2.75) is 51.0 Å². The van der Waals surface area contributed by atoms with E-state index in [0.717, 1.165) is 63.7 Å². The number of benzene rings is 1. The molecule has 1 saturated carbocycles. The lowest BCUT2D eigenvalue weighted by Gasteiger charge is -2.28. The van der Waals surface area contributed by atoms with Crippen molar-refractivity contribution in [3.05, 3.63) is 29.8 Å². The molecule has 1 aliphatic carbocycles. The van der Waals surface area contributed by atoms with E-state index >= 15 is 0 Å². The van der Waals surface area contributed by atoms with Crippen LogP contribution in [0.1, 0.15) is 55.3 Å². The second kappa shape index (κ2) is 8.67. The largest absolute Gasteiger partial charge is 0.337 e. The van der Waals surface area contributed by atoms with Crippen LogP contribution in [0.25, 0.3) is 0 Å². The van der Waals surface area contributed by atoms with Gasteiger partial charge in [-0.15, -0.1) is 0 Å². The van der Waals surface area contributed by atoms with Crippen molar-refractivity contribution in [1.29, 1.82) is 0 Å². The molecule has 1 aliphatic heterocycles. The summed E-state index contributed by atoms with van der Waals surface area (Å²) in [7, 11) is 4.16. The summed E-state index contributed by atoms with van der Waals surface area (Å²) in [6, 6.07) is 7.81. The lowest BCUT2D eigenvalue weighted by atomic mass is 10.1. The Morgan fingerprint density at radius 1 is 1.08 bits per heavy atom. The molecule has 26 heavy (non-hydrogen) atoms. The molecule has 142 valence electrons. The Kier molecular flexibility index (Phi) is 6.30. The minimum Gasteiger partial charge on any atom is -0.337 e. The normalized spacial score (nSPS) is 21.7. The summed E-state index contributed by atoms with van der Waals surface area (Å²) in [5, 5.41) is 3.00. The fraction of sp³-hybridized carbons (Fsp3) is 0.619. The molecule has 0 spiro atoms. The van der Waals surface area contributed by atoms with Crippen molar-refractivity contribution in [3.8, 4) is 0 Å². The second-order valence-corrected chi connectivity index (χ2v) is 7.92. The Balaban J connectivity index is 1.68. The summed E-state index contributed by atoms with van der Waals surface area (Å²) in [4.78, 5) is 29.5. The summed E-state index contributed by atoms with van der Waals surface area (Å²) in [6.45, 7) is 1.58. The van der Waals surface area contributed by atoms with Gasteiger partial charge in [0.15, 0.2) is 0 Å². The Morgan fingerprint density at radius 2 is 1.81 bits per heavy atom. The zero-order chi connectivity index (χ0) is 18.5. The highest BCUT2D eigenvalue weighted by molar-refractivity contribution is 5.97. The molecular formula is C21H31N3O2. The number of hydrogen-bond acceptors (Lipinski definition) is 3. The van der Waals surface area contributed by atoms with Crippen LogP contribution in [0.4, 0.5) is 5.69 Å². The minimum atomic E-state index is 0.0655. The topological polar surface area (TPSA) is 52.6 Å². The lowest BCUT2D eigenvalue weighted by Crippen LogP contribution is -2.41. The van der Waals surface area contributed by atoms with Crippen molar-refractivity contribution >= 4 is 17.5 Å². The lowest BCUT2D eigenvalue weighted by molar-refractivity contribution is -0.119. The molecule has 1 aromatic rings. The van der Waals surface area contributed by atoms with E-state index in [2.05, 4.69) is 24.3 Å². The highest BCUT2D eigenvalue weighted by atomic mass is 16.2. The summed E-state index contributed by atoms with van der Waals surface area (Å²) in [5.74, 6) is 0.283. The zero-order valence-corrected chi connectivity index (χ0v) is 16.0. The van der Waals surface area contributed by atoms with E-state index < -0.39 is 0 Å². The molecule has 1 atom stereocenters. The fourth-order valence-corrected chi connectivity index (χ4v) is 4.07. The smallest absolute Gasteiger partial charge is 0.253 e. The van der Waals surface area contributed by atoms with E-state index in [-0.39, 0.29) is 17.7 Å². The molecule has 0 aromatic heterocycles. The number of rotatable bonds is 4. The first-order valence-electron chi connectivity index (χ1n) is 9.91. The van der Waals surface area contributed by atoms with E-state index in [9.17, 15) is 9.59 Å². The number of amides is 2. The molecule has 0 unspecified atom stereocenters. The van der Waals surface area contributed by atoms with Gasteiger partial charge < -0.3 is 15.1 Å². The average Bonchev–Trinajstić information content (AvgIpc) is 3.06. The van der Waals surface area contributed by atoms with Crippen LogP contribution in [0.5, 0.6) is 0 Å². The van der Waals surface area contributed by atoms with E-state index in [1.165, 1.54) is 0 Å². The van der Waals surface area contributed by atoms with Crippen molar-refractivity contribution < 1.29 is 9.59 Å². The predicted molar refractivity (Wildman–Crippen MR) is 104 cm³/mol. The number of hydrogen-bond donors (Lipinski definition) is 1. The monoisotopic (exact) mass is 357 g/mol. The van der Waals surface area contributed by atoms with E-state index in [0.29, 0.717) is 11.6 Å². The van der Waals surface area contributed by atoms with Crippen LogP contribution in [0, 0.1) is 5.92 Å². The average molecular weight is 357 g/mol. The van der Waals surface area contributed by atoms with E-state index in [4.69, 9.17) is 0 Å². The number of nitrogens with zero attached hydrogens (tertiary/aromatic N) is 2. The highest BCUT2D eigenvalue weighted by Crippen LogP contribution is 2.26. The first-order chi connectivity index (χ1) is 12.5. The van der Waals surface area contributed by atoms with Crippen molar-refractivity contribution in [2.75, 3.05) is 32.5 Å². The highest BCUT2D eigenvalue weighted by Gasteiger charge is 2.25. The number of carbonyl (C=O) groups is 2. The molecule has 1 heterocycles. The Labute approximate surface area is 156 Å². The van der Waals surface area contributed by atoms with Crippen LogP contribution in [-0.4, -0.2) is 54.8 Å². The van der Waals surface area contributed by atoms with Gasteiger partial charge in [-0.05, 0) is 58.0 Å². The summed E-state index contributed by atoms with van der Waals surface area (Å²) < 4.78 is 0. The SMILES string of the molecule is CN(C)[C@H]1CCCCN(C(=O)c2cccc(NC(=O)C3CCCC3)c2)C1. The Morgan fingerprint density at radius 3 is 2.54 bits per heavy atom. The van der Waals surface area contributed by atoms with Crippen LogP contribution in [-0.2, 0) is 4.79 Å². The van der Waals surface area contributed by atoms with Gasteiger partial charge in [-0.2, -0.15) is 0 Å². The third-order valence-corrected chi connectivity index (χ3v) is 5.77. The fourth-order valence-electron chi connectivity index (χ4n) is 4.07. The number of likely N-dealkylation sites (tertiary alicyclic amines) is 1. The van der Waals surface area contributed by atoms with Gasteiger partial charge in [0.05, 0.1) is 0 Å². The van der Waals surface area contributed by atoms with Gasteiger partial charge in [0.2, 0.25) is 5.91 Å². The van der Waals surface area contributed by atoms with Crippen LogP contribution >= 0.6 is 0 Å². The zero-order valence-electron chi connectivity index (χ0n) is 16.0. The molecule has 0 bridgehead atoms. The predicted octanol–water partition coefficient (Wildman–Crippen LogP) is 3.37. The number of carbonyl (C=O) groups excluding carboxylic acids is 2. The van der Waals surface area contributed by atoms with Crippen molar-refractivity contribution in [2.24, 2.45) is 5.92 Å². The van der Waals surface area contributed by atoms with Crippen LogP contribution in [0.15, 0.2) is 24.3 Å². The third kappa shape index (κ3) is 4.64. The first-order valence-corrected chi connectivity index (χ1v) is 9.91. The second-order valence-electron chi connectivity index (χ2n) is 7.92. The quantitative estimate of drug-likeness (QED) is 0.899. The molecule has 5 nitrogen and oxygen atoms in total. The Hall–Kier alpha value is -1.88. The molecule has 2 aliphatic rings. The Bertz CT molecular complexity index is 638.